The monoisotopic (exact) mass is 433 g/mol. The second kappa shape index (κ2) is 7.76. The van der Waals surface area contributed by atoms with Crippen LogP contribution in [0.2, 0.25) is 0 Å². The van der Waals surface area contributed by atoms with Crippen LogP contribution in [-0.4, -0.2) is 29.1 Å². The van der Waals surface area contributed by atoms with Gasteiger partial charge in [-0.3, -0.25) is 4.72 Å². The fraction of sp³-hybridized carbons (Fsp3) is 0.100. The summed E-state index contributed by atoms with van der Waals surface area (Å²) in [5.41, 5.74) is 0.425. The number of hydrogen-bond acceptors (Lipinski definition) is 6. The number of aromatic hydroxyl groups is 1. The number of benzene rings is 3. The maximum Gasteiger partial charge on any atom is 0.261 e. The minimum Gasteiger partial charge on any atom is -0.507 e. The molecule has 0 bridgehead atoms. The topological polar surface area (TPSA) is 110 Å². The van der Waals surface area contributed by atoms with E-state index in [9.17, 15) is 21.9 Å². The number of hydrogen-bond donors (Lipinski definition) is 2. The van der Waals surface area contributed by atoms with Crippen molar-refractivity contribution >= 4 is 25.5 Å². The Hall–Kier alpha value is -3.04. The van der Waals surface area contributed by atoms with Crippen LogP contribution in [0.3, 0.4) is 0 Å². The van der Waals surface area contributed by atoms with Crippen molar-refractivity contribution in [3.63, 3.8) is 0 Å². The molecule has 2 N–H and O–H groups in total. The summed E-state index contributed by atoms with van der Waals surface area (Å²) in [4.78, 5) is -0.430. The van der Waals surface area contributed by atoms with Crippen LogP contribution in [-0.2, 0) is 19.9 Å². The molecule has 0 amide bonds. The molecule has 9 heteroatoms. The van der Waals surface area contributed by atoms with Crippen molar-refractivity contribution in [1.82, 2.24) is 0 Å². The van der Waals surface area contributed by atoms with Crippen LogP contribution in [0, 0.1) is 6.92 Å². The molecule has 3 aromatic rings. The summed E-state index contributed by atoms with van der Waals surface area (Å²) in [6, 6.07) is 15.7. The molecule has 0 saturated carbocycles. The third kappa shape index (κ3) is 4.20. The van der Waals surface area contributed by atoms with Gasteiger partial charge in [-0.25, -0.2) is 16.8 Å². The first-order chi connectivity index (χ1) is 13.6. The molecule has 0 atom stereocenters. The van der Waals surface area contributed by atoms with Crippen LogP contribution in [0.25, 0.3) is 0 Å². The number of anilines is 1. The molecule has 0 unspecified atom stereocenters. The summed E-state index contributed by atoms with van der Waals surface area (Å²) >= 11 is 0. The highest BCUT2D eigenvalue weighted by Gasteiger charge is 2.24. The quantitative estimate of drug-likeness (QED) is 0.577. The summed E-state index contributed by atoms with van der Waals surface area (Å²) in [7, 11) is -6.56. The van der Waals surface area contributed by atoms with Gasteiger partial charge in [-0.05, 0) is 61.0 Å². The zero-order chi connectivity index (χ0) is 21.2. The van der Waals surface area contributed by atoms with Crippen molar-refractivity contribution in [2.24, 2.45) is 0 Å². The molecular weight excluding hydrogens is 414 g/mol. The van der Waals surface area contributed by atoms with Crippen molar-refractivity contribution in [2.75, 3.05) is 11.8 Å². The molecule has 152 valence electrons. The number of rotatable bonds is 6. The average Bonchev–Trinajstić information content (AvgIpc) is 2.70. The lowest BCUT2D eigenvalue weighted by Gasteiger charge is -2.14. The number of nitrogens with one attached hydrogen (secondary N) is 1. The molecule has 0 aliphatic heterocycles. The molecule has 3 rings (SSSR count). The van der Waals surface area contributed by atoms with Gasteiger partial charge in [0.05, 0.1) is 22.6 Å². The van der Waals surface area contributed by atoms with Crippen molar-refractivity contribution in [2.45, 2.75) is 21.6 Å². The van der Waals surface area contributed by atoms with E-state index in [-0.39, 0.29) is 15.5 Å². The van der Waals surface area contributed by atoms with Gasteiger partial charge in [-0.15, -0.1) is 0 Å². The van der Waals surface area contributed by atoms with Gasteiger partial charge in [-0.1, -0.05) is 18.2 Å². The number of sulfone groups is 1. The molecule has 0 saturated heterocycles. The van der Waals surface area contributed by atoms with Crippen LogP contribution in [0.4, 0.5) is 5.69 Å². The summed E-state index contributed by atoms with van der Waals surface area (Å²) < 4.78 is 58.6. The van der Waals surface area contributed by atoms with Gasteiger partial charge in [0.15, 0.2) is 0 Å². The fourth-order valence-corrected chi connectivity index (χ4v) is 5.18. The maximum atomic E-state index is 13.0. The summed E-state index contributed by atoms with van der Waals surface area (Å²) in [6.07, 6.45) is 0. The van der Waals surface area contributed by atoms with E-state index in [1.807, 2.05) is 0 Å². The number of methoxy groups -OCH3 is 1. The van der Waals surface area contributed by atoms with Gasteiger partial charge in [0.2, 0.25) is 9.84 Å². The molecular formula is C20H19NO6S2. The summed E-state index contributed by atoms with van der Waals surface area (Å²) in [5.74, 6) is 0.00867. The molecule has 0 aliphatic rings. The van der Waals surface area contributed by atoms with Crippen LogP contribution in [0.1, 0.15) is 5.56 Å². The average molecular weight is 434 g/mol. The number of phenols is 1. The Balaban J connectivity index is 2.05. The highest BCUT2D eigenvalue weighted by Crippen LogP contribution is 2.34. The first kappa shape index (κ1) is 20.7. The Morgan fingerprint density at radius 1 is 0.862 bits per heavy atom. The molecule has 0 aliphatic carbocycles. The van der Waals surface area contributed by atoms with Crippen molar-refractivity contribution in [3.8, 4) is 11.5 Å². The van der Waals surface area contributed by atoms with Crippen LogP contribution < -0.4 is 9.46 Å². The lowest BCUT2D eigenvalue weighted by Crippen LogP contribution is -2.14. The molecule has 0 radical (unpaired) electrons. The Morgan fingerprint density at radius 3 is 2.07 bits per heavy atom. The minimum atomic E-state index is -4.09. The lowest BCUT2D eigenvalue weighted by molar-refractivity contribution is 0.414. The summed E-state index contributed by atoms with van der Waals surface area (Å²) in [5, 5.41) is 10.2. The molecule has 3 aromatic carbocycles. The molecule has 29 heavy (non-hydrogen) atoms. The van der Waals surface area contributed by atoms with E-state index in [0.717, 1.165) is 6.07 Å². The zero-order valence-electron chi connectivity index (χ0n) is 15.7. The van der Waals surface area contributed by atoms with E-state index >= 15 is 0 Å². The number of phenolic OH excluding ortho intramolecular Hbond substituents is 1. The van der Waals surface area contributed by atoms with Crippen molar-refractivity contribution < 1.29 is 26.7 Å². The molecule has 0 aromatic heterocycles. The highest BCUT2D eigenvalue weighted by molar-refractivity contribution is 7.93. The number of aryl methyl sites for hydroxylation is 1. The van der Waals surface area contributed by atoms with Gasteiger partial charge in [0, 0.05) is 0 Å². The third-order valence-electron chi connectivity index (χ3n) is 4.26. The van der Waals surface area contributed by atoms with E-state index < -0.39 is 30.5 Å². The van der Waals surface area contributed by atoms with Gasteiger partial charge in [0.25, 0.3) is 10.0 Å². The van der Waals surface area contributed by atoms with E-state index in [4.69, 9.17) is 4.74 Å². The maximum absolute atomic E-state index is 13.0. The van der Waals surface area contributed by atoms with Gasteiger partial charge < -0.3 is 9.84 Å². The zero-order valence-corrected chi connectivity index (χ0v) is 17.3. The minimum absolute atomic E-state index is 0.0343. The Morgan fingerprint density at radius 2 is 1.48 bits per heavy atom. The van der Waals surface area contributed by atoms with Crippen molar-refractivity contribution in [1.29, 1.82) is 0 Å². The Labute approximate surface area is 169 Å². The van der Waals surface area contributed by atoms with Crippen LogP contribution in [0.5, 0.6) is 11.5 Å². The van der Waals surface area contributed by atoms with E-state index in [1.165, 1.54) is 49.6 Å². The van der Waals surface area contributed by atoms with Gasteiger partial charge >= 0.3 is 0 Å². The Bertz CT molecular complexity index is 1240. The standard InChI is InChI=1S/C20H19NO6S2/c1-14-12-19(22)20(28(23,24)16-10-8-15(27-2)9-11-16)13-18(14)21-29(25,26)17-6-4-3-5-7-17/h3-13,21-22H,1-2H3. The first-order valence-electron chi connectivity index (χ1n) is 8.46. The summed E-state index contributed by atoms with van der Waals surface area (Å²) in [6.45, 7) is 1.56. The predicted octanol–water partition coefficient (Wildman–Crippen LogP) is 3.34. The first-order valence-corrected chi connectivity index (χ1v) is 11.4. The molecule has 7 nitrogen and oxygen atoms in total. The normalized spacial score (nSPS) is 11.8. The van der Waals surface area contributed by atoms with E-state index in [2.05, 4.69) is 4.72 Å². The van der Waals surface area contributed by atoms with Crippen molar-refractivity contribution in [3.05, 3.63) is 72.3 Å². The fourth-order valence-electron chi connectivity index (χ4n) is 2.68. The number of sulfonamides is 1. The second-order valence-corrected chi connectivity index (χ2v) is 9.83. The lowest BCUT2D eigenvalue weighted by atomic mass is 10.2. The van der Waals surface area contributed by atoms with Crippen LogP contribution in [0.15, 0.2) is 81.4 Å². The molecule has 0 fully saturated rings. The number of ether oxygens (including phenoxy) is 1. The Kier molecular flexibility index (Phi) is 5.54. The third-order valence-corrected chi connectivity index (χ3v) is 7.44. The smallest absolute Gasteiger partial charge is 0.261 e. The predicted molar refractivity (Wildman–Crippen MR) is 109 cm³/mol. The largest absolute Gasteiger partial charge is 0.507 e. The molecule has 0 heterocycles. The van der Waals surface area contributed by atoms with E-state index in [1.54, 1.807) is 25.1 Å². The SMILES string of the molecule is COc1ccc(S(=O)(=O)c2cc(NS(=O)(=O)c3ccccc3)c(C)cc2O)cc1. The van der Waals surface area contributed by atoms with Gasteiger partial charge in [-0.2, -0.15) is 0 Å². The molecule has 0 spiro atoms. The second-order valence-electron chi connectivity index (χ2n) is 6.23. The highest BCUT2D eigenvalue weighted by atomic mass is 32.2. The van der Waals surface area contributed by atoms with Gasteiger partial charge in [0.1, 0.15) is 16.4 Å². The van der Waals surface area contributed by atoms with Crippen LogP contribution >= 0.6 is 0 Å². The van der Waals surface area contributed by atoms with E-state index in [0.29, 0.717) is 11.3 Å².